The molecule has 0 aliphatic heterocycles. The van der Waals surface area contributed by atoms with Crippen molar-refractivity contribution in [3.8, 4) is 63.0 Å². The molecule has 133 heavy (non-hydrogen) atoms. The fraction of sp³-hybridized carbons (Fsp3) is 0.147. The van der Waals surface area contributed by atoms with Crippen LogP contribution in [0, 0.1) is 37.9 Å². The Labute approximate surface area is 774 Å². The van der Waals surface area contributed by atoms with Crippen molar-refractivity contribution in [3.05, 3.63) is 297 Å². The summed E-state index contributed by atoms with van der Waals surface area (Å²) in [6.07, 6.45) is 1.40. The van der Waals surface area contributed by atoms with Crippen LogP contribution in [0.4, 0.5) is 76.4 Å². The van der Waals surface area contributed by atoms with Gasteiger partial charge < -0.3 is 26.6 Å². The van der Waals surface area contributed by atoms with E-state index in [1.807, 2.05) is 202 Å². The largest absolute Gasteiger partial charge is 0.417 e. The maximum absolute atomic E-state index is 13.4. The Kier molecular flexibility index (Phi) is 26.4. The van der Waals surface area contributed by atoms with Crippen molar-refractivity contribution >= 4 is 152 Å². The van der Waals surface area contributed by atoms with E-state index >= 15 is 0 Å². The van der Waals surface area contributed by atoms with E-state index in [1.54, 1.807) is 37.3 Å². The first-order chi connectivity index (χ1) is 64.4. The molecular weight excluding hydrogens is 1800 g/mol. The monoisotopic (exact) mass is 1880 g/mol. The molecule has 0 atom stereocenters. The summed E-state index contributed by atoms with van der Waals surface area (Å²) in [6, 6.07) is 72.9. The van der Waals surface area contributed by atoms with Crippen LogP contribution in [-0.4, -0.2) is 126 Å². The summed E-state index contributed by atoms with van der Waals surface area (Å²) in [7, 11) is 0. The average molecular weight is 1880 g/mol. The summed E-state index contributed by atoms with van der Waals surface area (Å²) in [5, 5.41) is 65.6. The van der Waals surface area contributed by atoms with Gasteiger partial charge in [0.05, 0.1) is 54.8 Å². The van der Waals surface area contributed by atoms with E-state index < -0.39 is 17.6 Å². The molecule has 10 aromatic carbocycles. The standard InChI is InChI=1S/C22H21ClN6.C20H19ClN6.C18H12F4N6.C18H13N7.C17H13BrN6/c23-17-12-6-4-10-15(17)20-24-18-13-7-5-11-16(18)21(25-20)27-22-26-19(28-29-22)14-8-2-1-3-9-14;1-20(2,3)18-25-19(27-26-18)24-17-13-9-5-7-11-15(13)22-16(23-17)12-8-4-6-10-14(12)21;1-9-23-17(28-27-9)26-16-12-4-2-3-5-14(12)24-15(25-16)11-7-6-10(19)8-13(11)18(20,21)22;1-11-20-18(25-24-11)23-17-14-8-4-5-9-15(14)21-16(22-17)13-7-3-2-6-12(13)10-19;1-10-19-17(24-23-10)22-16-12-7-3-5-9-14(12)20-15(21-16)11-6-2-4-8-13(11)18/h4-7,10-14H,1-3,8-9H2,(H2,24,25,26,27,28,29);4-11H,1-3H3,(H2,22,23,24,25,26,27);2-8H,1H3,(H2,23,24,25,26,27,28);2-9H,1H3,(H2,20,21,22,23,24,25);2-9H,1H3,(H2,19,20,21,22,23,24). The van der Waals surface area contributed by atoms with Crippen LogP contribution < -0.4 is 26.6 Å². The van der Waals surface area contributed by atoms with E-state index in [9.17, 15) is 22.8 Å². The van der Waals surface area contributed by atoms with Crippen LogP contribution in [0.15, 0.2) is 241 Å². The van der Waals surface area contributed by atoms with E-state index in [0.717, 1.165) is 94.4 Å². The minimum absolute atomic E-state index is 0.122. The number of hydrogen-bond donors (Lipinski definition) is 10. The van der Waals surface area contributed by atoms with Crippen molar-refractivity contribution in [2.45, 2.75) is 91.2 Å². The van der Waals surface area contributed by atoms with Gasteiger partial charge in [0.1, 0.15) is 64.0 Å². The Morgan fingerprint density at radius 2 is 0.692 bits per heavy atom. The first-order valence-corrected chi connectivity index (χ1v) is 43.3. The van der Waals surface area contributed by atoms with Crippen LogP contribution in [0.2, 0.25) is 10.0 Å². The highest BCUT2D eigenvalue weighted by Gasteiger charge is 2.36. The summed E-state index contributed by atoms with van der Waals surface area (Å²) in [5.41, 5.74) is 5.81. The van der Waals surface area contributed by atoms with Gasteiger partial charge in [-0.15, -0.1) is 25.5 Å². The van der Waals surface area contributed by atoms with Gasteiger partial charge >= 0.3 is 6.18 Å². The van der Waals surface area contributed by atoms with E-state index in [1.165, 1.54) is 32.1 Å². The lowest BCUT2D eigenvalue weighted by molar-refractivity contribution is -0.137. The van der Waals surface area contributed by atoms with Crippen molar-refractivity contribution in [2.75, 3.05) is 26.6 Å². The lowest BCUT2D eigenvalue weighted by Crippen LogP contribution is -2.13. The number of nitrogens with one attached hydrogen (secondary N) is 10. The highest BCUT2D eigenvalue weighted by Crippen LogP contribution is 2.41. The number of nitriles is 1. The second-order valence-electron chi connectivity index (χ2n) is 31.3. The zero-order valence-corrected chi connectivity index (χ0v) is 74.8. The van der Waals surface area contributed by atoms with Gasteiger partial charge in [-0.05, 0) is 155 Å². The number of halogens is 7. The second-order valence-corrected chi connectivity index (χ2v) is 33.0. The first kappa shape index (κ1) is 88.9. The maximum atomic E-state index is 13.4. The molecule has 0 spiro atoms. The van der Waals surface area contributed by atoms with Gasteiger partial charge in [0.25, 0.3) is 0 Å². The van der Waals surface area contributed by atoms with Gasteiger partial charge in [-0.3, -0.25) is 25.5 Å². The number of benzene rings is 10. The smallest absolute Gasteiger partial charge is 0.307 e. The van der Waals surface area contributed by atoms with Gasteiger partial charge in [0, 0.05) is 70.6 Å². The van der Waals surface area contributed by atoms with E-state index in [4.69, 9.17) is 48.1 Å². The number of H-pyrrole nitrogens is 5. The third kappa shape index (κ3) is 21.1. The molecule has 38 heteroatoms. The Morgan fingerprint density at radius 1 is 0.361 bits per heavy atom. The van der Waals surface area contributed by atoms with Crippen LogP contribution in [0.5, 0.6) is 0 Å². The molecule has 0 saturated heterocycles. The Balaban J connectivity index is 0.000000116. The van der Waals surface area contributed by atoms with Crippen molar-refractivity contribution < 1.29 is 17.6 Å². The summed E-state index contributed by atoms with van der Waals surface area (Å²) in [5.74, 6) is 10.2. The molecule has 1 saturated carbocycles. The number of nitrogens with zero attached hydrogens (tertiary/aromatic N) is 21. The van der Waals surface area contributed by atoms with Crippen LogP contribution >= 0.6 is 39.1 Å². The number of aryl methyl sites for hydroxylation is 3. The predicted molar refractivity (Wildman–Crippen MR) is 509 cm³/mol. The molecular formula is C95H78BrCl2F4N31. The van der Waals surface area contributed by atoms with Crippen LogP contribution in [-0.2, 0) is 11.6 Å². The Hall–Kier alpha value is -16.1. The van der Waals surface area contributed by atoms with Crippen LogP contribution in [0.25, 0.3) is 111 Å². The molecule has 10 heterocycles. The Morgan fingerprint density at radius 3 is 1.07 bits per heavy atom. The lowest BCUT2D eigenvalue weighted by Gasteiger charge is -2.18. The molecule has 1 fully saturated rings. The normalized spacial score (nSPS) is 12.1. The highest BCUT2D eigenvalue weighted by molar-refractivity contribution is 9.10. The van der Waals surface area contributed by atoms with Crippen molar-refractivity contribution in [2.24, 2.45) is 0 Å². The zero-order valence-electron chi connectivity index (χ0n) is 71.7. The molecule has 31 nitrogen and oxygen atoms in total. The molecule has 662 valence electrons. The van der Waals surface area contributed by atoms with E-state index in [2.05, 4.69) is 170 Å². The SMILES string of the molecule is CC(C)(C)c1nc(Nc2nc(-c3ccccc3Cl)nc3ccccc23)n[nH]1.Cc1nc(Nc2nc(-c3ccc(F)cc3C(F)(F)F)nc3ccccc23)n[nH]1.Cc1nc(Nc2nc(-c3ccccc3Br)nc3ccccc23)n[nH]1.Cc1nc(Nc2nc(-c3ccccc3C#N)nc3ccccc23)n[nH]1.Clc1ccccc1-c1nc(Nc2n[nH]c(C3CCCCC3)n2)c2ccccc2n1. The summed E-state index contributed by atoms with van der Waals surface area (Å²) < 4.78 is 54.6. The second kappa shape index (κ2) is 39.4. The topological polar surface area (TPSA) is 421 Å². The Bertz CT molecular complexity index is 7650. The number of aromatic amines is 5. The molecule has 0 amide bonds. The minimum atomic E-state index is -4.76. The molecule has 10 N–H and O–H groups in total. The number of hydrogen-bond acceptors (Lipinski definition) is 26. The fourth-order valence-electron chi connectivity index (χ4n) is 14.4. The average Bonchev–Trinajstić information content (AvgIpc) is 1.54. The van der Waals surface area contributed by atoms with Gasteiger partial charge in [0.15, 0.2) is 29.1 Å². The molecule has 0 unspecified atom stereocenters. The third-order valence-corrected chi connectivity index (χ3v) is 22.2. The van der Waals surface area contributed by atoms with Crippen LogP contribution in [0.3, 0.4) is 0 Å². The number of alkyl halides is 3. The van der Waals surface area contributed by atoms with Crippen molar-refractivity contribution in [1.29, 1.82) is 5.26 Å². The van der Waals surface area contributed by atoms with Gasteiger partial charge in [-0.2, -0.15) is 43.4 Å². The van der Waals surface area contributed by atoms with Crippen LogP contribution in [0.1, 0.15) is 99.0 Å². The predicted octanol–water partition coefficient (Wildman–Crippen LogP) is 23.2. The fourth-order valence-corrected chi connectivity index (χ4v) is 15.3. The molecule has 10 aromatic heterocycles. The minimum Gasteiger partial charge on any atom is -0.307 e. The number of aromatic nitrogens is 25. The molecule has 0 bridgehead atoms. The zero-order chi connectivity index (χ0) is 92.3. The van der Waals surface area contributed by atoms with E-state index in [0.29, 0.717) is 126 Å². The van der Waals surface area contributed by atoms with Crippen molar-refractivity contribution in [3.63, 3.8) is 0 Å². The number of fused-ring (bicyclic) bond motifs is 5. The summed E-state index contributed by atoms with van der Waals surface area (Å²) in [6.45, 7) is 11.6. The van der Waals surface area contributed by atoms with Gasteiger partial charge in [-0.1, -0.05) is 194 Å². The third-order valence-electron chi connectivity index (χ3n) is 20.8. The summed E-state index contributed by atoms with van der Waals surface area (Å²) in [4.78, 5) is 67.8. The number of para-hydroxylation sites is 5. The summed E-state index contributed by atoms with van der Waals surface area (Å²) >= 11 is 16.3. The number of anilines is 10. The lowest BCUT2D eigenvalue weighted by atomic mass is 9.89. The van der Waals surface area contributed by atoms with Gasteiger partial charge in [0.2, 0.25) is 29.7 Å². The quantitative estimate of drug-likeness (QED) is 0.0402. The number of rotatable bonds is 16. The van der Waals surface area contributed by atoms with Gasteiger partial charge in [-0.25, -0.2) is 54.2 Å². The molecule has 21 rings (SSSR count). The molecule has 1 aliphatic rings. The molecule has 0 radical (unpaired) electrons. The van der Waals surface area contributed by atoms with E-state index in [-0.39, 0.29) is 28.6 Å². The molecule has 1 aliphatic carbocycles. The maximum Gasteiger partial charge on any atom is 0.417 e. The highest BCUT2D eigenvalue weighted by atomic mass is 79.9. The van der Waals surface area contributed by atoms with Crippen molar-refractivity contribution in [1.82, 2.24) is 126 Å². The first-order valence-electron chi connectivity index (χ1n) is 41.8. The molecule has 20 aromatic rings.